The molecule has 2 aromatic heterocycles. The van der Waals surface area contributed by atoms with Gasteiger partial charge in [0, 0.05) is 0 Å². The average Bonchev–Trinajstić information content (AvgIpc) is 2.88. The smallest absolute Gasteiger partial charge is 0.430 e. The summed E-state index contributed by atoms with van der Waals surface area (Å²) in [6.07, 6.45) is 6.81. The molecule has 0 aliphatic heterocycles. The van der Waals surface area contributed by atoms with Crippen LogP contribution in [0.15, 0.2) is 37.4 Å². The molecule has 0 saturated carbocycles. The summed E-state index contributed by atoms with van der Waals surface area (Å²) in [5, 5.41) is 8.78. The van der Waals surface area contributed by atoms with E-state index in [1.54, 1.807) is 0 Å². The molecule has 2 rings (SSSR count). The largest absolute Gasteiger partial charge is 1.00 e. The molecule has 0 amide bonds. The first-order valence-corrected chi connectivity index (χ1v) is 5.75. The van der Waals surface area contributed by atoms with E-state index in [0.29, 0.717) is 0 Å². The summed E-state index contributed by atoms with van der Waals surface area (Å²) in [4.78, 5) is 8.78. The van der Waals surface area contributed by atoms with Crippen LogP contribution in [0.2, 0.25) is 0 Å². The van der Waals surface area contributed by atoms with E-state index in [1.807, 2.05) is 83.9 Å². The number of rotatable bonds is 0. The molecule has 0 bridgehead atoms. The fourth-order valence-corrected chi connectivity index (χ4v) is 1.15. The zero-order valence-electron chi connectivity index (χ0n) is 12.6. The molecule has 22 heavy (non-hydrogen) atoms. The lowest BCUT2D eigenvalue weighted by atomic mass is 10.7. The summed E-state index contributed by atoms with van der Waals surface area (Å²) in [5.41, 5.74) is 0. The number of halogens is 4. The number of carboxylic acid groups (broad SMARTS) is 1. The highest BCUT2D eigenvalue weighted by Crippen LogP contribution is 2.11. The Morgan fingerprint density at radius 3 is 1.32 bits per heavy atom. The molecular weight excluding hydrogens is 416 g/mol. The van der Waals surface area contributed by atoms with Gasteiger partial charge in [-0.2, -0.15) is 13.2 Å². The van der Waals surface area contributed by atoms with Gasteiger partial charge < -0.3 is 33.9 Å². The van der Waals surface area contributed by atoms with Crippen molar-refractivity contribution in [1.82, 2.24) is 9.13 Å². The summed E-state index contributed by atoms with van der Waals surface area (Å²) < 4.78 is 39.5. The van der Waals surface area contributed by atoms with Crippen LogP contribution < -0.4 is 38.2 Å². The SMILES string of the molecule is Cn1cc[n+](C)c1.Cn1cc[n+](C)c1.O=C([O-])C(F)(F)F.[I-]. The lowest BCUT2D eigenvalue weighted by molar-refractivity contribution is -0.671. The van der Waals surface area contributed by atoms with E-state index in [1.165, 1.54) is 0 Å². The van der Waals surface area contributed by atoms with Crippen molar-refractivity contribution in [1.29, 1.82) is 0 Å². The van der Waals surface area contributed by atoms with E-state index >= 15 is 0 Å². The Morgan fingerprint density at radius 1 is 1.00 bits per heavy atom. The Balaban J connectivity index is 0. The number of aromatic nitrogens is 4. The molecule has 0 saturated heterocycles. The van der Waals surface area contributed by atoms with Crippen molar-refractivity contribution in [3.8, 4) is 0 Å². The fraction of sp³-hybridized carbons (Fsp3) is 0.417. The summed E-state index contributed by atoms with van der Waals surface area (Å²) in [6, 6.07) is 0. The van der Waals surface area contributed by atoms with E-state index in [2.05, 4.69) is 0 Å². The number of carboxylic acids is 1. The molecular formula is C12H18F3IN4O2. The third-order valence-electron chi connectivity index (χ3n) is 2.03. The summed E-state index contributed by atoms with van der Waals surface area (Å²) >= 11 is 0. The van der Waals surface area contributed by atoms with Crippen LogP contribution in [-0.4, -0.2) is 21.3 Å². The van der Waals surface area contributed by atoms with Gasteiger partial charge >= 0.3 is 6.18 Å². The van der Waals surface area contributed by atoms with Gasteiger partial charge in [0.15, 0.2) is 0 Å². The van der Waals surface area contributed by atoms with Gasteiger partial charge in [0.2, 0.25) is 12.7 Å². The maximum Gasteiger partial charge on any atom is 0.430 e. The van der Waals surface area contributed by atoms with Gasteiger partial charge in [0.1, 0.15) is 30.8 Å². The molecule has 0 unspecified atom stereocenters. The molecule has 2 aromatic rings. The highest BCUT2D eigenvalue weighted by atomic mass is 127. The molecule has 126 valence electrons. The van der Waals surface area contributed by atoms with Crippen LogP contribution in [-0.2, 0) is 33.0 Å². The second-order valence-electron chi connectivity index (χ2n) is 4.27. The Bertz CT molecular complexity index is 495. The minimum absolute atomic E-state index is 0. The van der Waals surface area contributed by atoms with Crippen molar-refractivity contribution in [2.45, 2.75) is 6.18 Å². The Morgan fingerprint density at radius 2 is 1.27 bits per heavy atom. The van der Waals surface area contributed by atoms with Crippen molar-refractivity contribution in [2.24, 2.45) is 28.2 Å². The van der Waals surface area contributed by atoms with Crippen molar-refractivity contribution in [3.05, 3.63) is 37.4 Å². The van der Waals surface area contributed by atoms with Crippen LogP contribution in [0, 0.1) is 0 Å². The number of hydrogen-bond donors (Lipinski definition) is 0. The number of aryl methyl sites for hydroxylation is 4. The van der Waals surface area contributed by atoms with Crippen molar-refractivity contribution < 1.29 is 56.2 Å². The fourth-order valence-electron chi connectivity index (χ4n) is 1.15. The van der Waals surface area contributed by atoms with Gasteiger partial charge in [-0.25, -0.2) is 18.3 Å². The van der Waals surface area contributed by atoms with Crippen LogP contribution in [0.3, 0.4) is 0 Å². The van der Waals surface area contributed by atoms with Gasteiger partial charge in [-0.15, -0.1) is 0 Å². The second-order valence-corrected chi connectivity index (χ2v) is 4.27. The number of hydrogen-bond acceptors (Lipinski definition) is 2. The molecule has 0 fully saturated rings. The van der Waals surface area contributed by atoms with E-state index in [0.717, 1.165) is 0 Å². The first kappa shape index (κ1) is 22.7. The van der Waals surface area contributed by atoms with Gasteiger partial charge in [0.25, 0.3) is 0 Å². The standard InChI is InChI=1S/2C5H9N2.C2HF3O2.HI/c2*1-6-3-4-7(2)5-6;3-2(4,5)1(6)7;/h2*3-5H,1-2H3;(H,6,7);1H/q2*+1;;/p-2. The van der Waals surface area contributed by atoms with Crippen molar-refractivity contribution >= 4 is 5.97 Å². The topological polar surface area (TPSA) is 57.8 Å². The Labute approximate surface area is 143 Å². The molecule has 0 radical (unpaired) electrons. The third-order valence-corrected chi connectivity index (χ3v) is 2.03. The lowest BCUT2D eigenvalue weighted by Crippen LogP contribution is -3.00. The van der Waals surface area contributed by atoms with Crippen LogP contribution in [0.1, 0.15) is 0 Å². The molecule has 0 aromatic carbocycles. The van der Waals surface area contributed by atoms with E-state index in [-0.39, 0.29) is 24.0 Å². The number of imidazole rings is 2. The third kappa shape index (κ3) is 11.1. The summed E-state index contributed by atoms with van der Waals surface area (Å²) in [5.74, 6) is -3.01. The number of alkyl halides is 3. The highest BCUT2D eigenvalue weighted by molar-refractivity contribution is 5.70. The van der Waals surface area contributed by atoms with Crippen molar-refractivity contribution in [2.75, 3.05) is 0 Å². The monoisotopic (exact) mass is 434 g/mol. The second kappa shape index (κ2) is 10.2. The molecule has 6 nitrogen and oxygen atoms in total. The minimum atomic E-state index is -5.19. The molecule has 0 atom stereocenters. The maximum absolute atomic E-state index is 10.5. The molecule has 0 aliphatic rings. The van der Waals surface area contributed by atoms with E-state index in [9.17, 15) is 13.2 Å². The first-order chi connectivity index (χ1) is 9.52. The number of nitrogens with zero attached hydrogens (tertiary/aromatic N) is 4. The minimum Gasteiger partial charge on any atom is -1.00 e. The number of aliphatic carboxylic acids is 1. The summed E-state index contributed by atoms with van der Waals surface area (Å²) in [6.45, 7) is 0. The van der Waals surface area contributed by atoms with E-state index < -0.39 is 12.1 Å². The zero-order chi connectivity index (χ0) is 16.6. The van der Waals surface area contributed by atoms with Crippen molar-refractivity contribution in [3.63, 3.8) is 0 Å². The van der Waals surface area contributed by atoms with Gasteiger partial charge in [-0.05, 0) is 0 Å². The molecule has 2 heterocycles. The Kier molecular flexibility index (Phi) is 10.5. The van der Waals surface area contributed by atoms with Crippen LogP contribution in [0.5, 0.6) is 0 Å². The maximum atomic E-state index is 10.5. The number of carbonyl (C=O) groups is 1. The normalized spacial score (nSPS) is 9.59. The zero-order valence-corrected chi connectivity index (χ0v) is 14.7. The Hall–Kier alpha value is -1.59. The lowest BCUT2D eigenvalue weighted by Gasteiger charge is -2.03. The highest BCUT2D eigenvalue weighted by Gasteiger charge is 2.28. The summed E-state index contributed by atoms with van der Waals surface area (Å²) in [7, 11) is 8.00. The first-order valence-electron chi connectivity index (χ1n) is 5.75. The molecule has 0 aliphatic carbocycles. The predicted octanol–water partition coefficient (Wildman–Crippen LogP) is -4.00. The van der Waals surface area contributed by atoms with E-state index in [4.69, 9.17) is 9.90 Å². The molecule has 0 N–H and O–H groups in total. The number of carbonyl (C=O) groups excluding carboxylic acids is 1. The quantitative estimate of drug-likeness (QED) is 0.314. The predicted molar refractivity (Wildman–Crippen MR) is 64.2 cm³/mol. The van der Waals surface area contributed by atoms with Crippen LogP contribution >= 0.6 is 0 Å². The molecule has 10 heteroatoms. The van der Waals surface area contributed by atoms with Gasteiger partial charge in [0.05, 0.1) is 28.2 Å². The average molecular weight is 434 g/mol. The van der Waals surface area contributed by atoms with Crippen LogP contribution in [0.4, 0.5) is 13.2 Å². The van der Waals surface area contributed by atoms with Crippen LogP contribution in [0.25, 0.3) is 0 Å². The van der Waals surface area contributed by atoms with Gasteiger partial charge in [-0.3, -0.25) is 0 Å². The molecule has 0 spiro atoms. The van der Waals surface area contributed by atoms with Gasteiger partial charge in [-0.1, -0.05) is 0 Å².